The number of hydrogen-bond acceptors (Lipinski definition) is 2. The third-order valence-electron chi connectivity index (χ3n) is 3.67. The summed E-state index contributed by atoms with van der Waals surface area (Å²) in [7, 11) is 0. The molecule has 2 aromatic rings. The van der Waals surface area contributed by atoms with Crippen molar-refractivity contribution < 1.29 is 8.78 Å². The van der Waals surface area contributed by atoms with Crippen molar-refractivity contribution in [3.05, 3.63) is 59.7 Å². The molecule has 3 rings (SSSR count). The zero-order valence-corrected chi connectivity index (χ0v) is 11.2. The Kier molecular flexibility index (Phi) is 3.30. The minimum Gasteiger partial charge on any atom is -0.381 e. The van der Waals surface area contributed by atoms with Crippen molar-refractivity contribution in [1.29, 1.82) is 0 Å². The summed E-state index contributed by atoms with van der Waals surface area (Å²) in [6.45, 7) is 3.51. The van der Waals surface area contributed by atoms with Gasteiger partial charge in [0.15, 0.2) is 11.6 Å². The molecule has 0 bridgehead atoms. The number of fused-ring (bicyclic) bond motifs is 1. The van der Waals surface area contributed by atoms with Gasteiger partial charge in [0.05, 0.1) is 11.4 Å². The van der Waals surface area contributed by atoms with Crippen molar-refractivity contribution in [2.45, 2.75) is 19.5 Å². The molecule has 1 N–H and O–H groups in total. The largest absolute Gasteiger partial charge is 0.381 e. The Hall–Kier alpha value is -2.10. The van der Waals surface area contributed by atoms with Crippen LogP contribution in [0.3, 0.4) is 0 Å². The zero-order valence-electron chi connectivity index (χ0n) is 11.2. The first-order valence-electron chi connectivity index (χ1n) is 6.68. The highest BCUT2D eigenvalue weighted by Crippen LogP contribution is 2.32. The summed E-state index contributed by atoms with van der Waals surface area (Å²) in [6.07, 6.45) is 0. The van der Waals surface area contributed by atoms with Crippen LogP contribution in [0.5, 0.6) is 0 Å². The Morgan fingerprint density at radius 3 is 2.75 bits per heavy atom. The zero-order chi connectivity index (χ0) is 14.1. The first-order chi connectivity index (χ1) is 9.65. The molecule has 20 heavy (non-hydrogen) atoms. The van der Waals surface area contributed by atoms with Gasteiger partial charge in [-0.3, -0.25) is 0 Å². The maximum Gasteiger partial charge on any atom is 0.159 e. The van der Waals surface area contributed by atoms with Crippen LogP contribution in [0.25, 0.3) is 0 Å². The van der Waals surface area contributed by atoms with Crippen LogP contribution >= 0.6 is 0 Å². The van der Waals surface area contributed by atoms with Gasteiger partial charge < -0.3 is 10.2 Å². The van der Waals surface area contributed by atoms with Gasteiger partial charge in [0.2, 0.25) is 0 Å². The Morgan fingerprint density at radius 2 is 1.95 bits per heavy atom. The van der Waals surface area contributed by atoms with Crippen LogP contribution in [-0.4, -0.2) is 12.6 Å². The van der Waals surface area contributed by atoms with E-state index in [2.05, 4.69) is 17.1 Å². The summed E-state index contributed by atoms with van der Waals surface area (Å²) in [4.78, 5) is 2.21. The second-order valence-electron chi connectivity index (χ2n) is 5.12. The molecule has 0 saturated heterocycles. The van der Waals surface area contributed by atoms with Gasteiger partial charge in [0.25, 0.3) is 0 Å². The summed E-state index contributed by atoms with van der Waals surface area (Å²) in [5.74, 6) is -1.60. The highest BCUT2D eigenvalue weighted by atomic mass is 19.2. The summed E-state index contributed by atoms with van der Waals surface area (Å²) >= 11 is 0. The molecule has 1 unspecified atom stereocenters. The molecule has 0 aromatic heterocycles. The van der Waals surface area contributed by atoms with E-state index in [4.69, 9.17) is 0 Å². The maximum absolute atomic E-state index is 13.3. The smallest absolute Gasteiger partial charge is 0.159 e. The number of hydrogen-bond donors (Lipinski definition) is 1. The van der Waals surface area contributed by atoms with E-state index in [1.165, 1.54) is 12.1 Å². The van der Waals surface area contributed by atoms with Gasteiger partial charge >= 0.3 is 0 Å². The summed E-state index contributed by atoms with van der Waals surface area (Å²) < 4.78 is 26.3. The molecule has 104 valence electrons. The highest BCUT2D eigenvalue weighted by molar-refractivity contribution is 5.72. The molecule has 2 nitrogen and oxygen atoms in total. The molecule has 1 aliphatic heterocycles. The van der Waals surface area contributed by atoms with Crippen molar-refractivity contribution in [2.24, 2.45) is 0 Å². The van der Waals surface area contributed by atoms with Gasteiger partial charge in [-0.05, 0) is 36.8 Å². The van der Waals surface area contributed by atoms with Crippen LogP contribution in [0.15, 0.2) is 42.5 Å². The van der Waals surface area contributed by atoms with Crippen LogP contribution in [-0.2, 0) is 6.54 Å². The van der Waals surface area contributed by atoms with E-state index in [9.17, 15) is 8.78 Å². The molecule has 1 atom stereocenters. The molecule has 4 heteroatoms. The maximum atomic E-state index is 13.3. The molecule has 0 radical (unpaired) electrons. The fourth-order valence-electron chi connectivity index (χ4n) is 2.55. The monoisotopic (exact) mass is 274 g/mol. The first kappa shape index (κ1) is 12.9. The predicted octanol–water partition coefficient (Wildman–Crippen LogP) is 3.79. The first-order valence-corrected chi connectivity index (χ1v) is 6.68. The van der Waals surface area contributed by atoms with Crippen molar-refractivity contribution in [3.63, 3.8) is 0 Å². The number of para-hydroxylation sites is 2. The van der Waals surface area contributed by atoms with Crippen molar-refractivity contribution >= 4 is 11.4 Å². The van der Waals surface area contributed by atoms with Gasteiger partial charge in [-0.1, -0.05) is 18.2 Å². The third kappa shape index (κ3) is 2.33. The van der Waals surface area contributed by atoms with Gasteiger partial charge in [0.1, 0.15) is 0 Å². The van der Waals surface area contributed by atoms with Gasteiger partial charge in [0, 0.05) is 19.1 Å². The molecule has 0 spiro atoms. The van der Waals surface area contributed by atoms with Crippen LogP contribution in [0, 0.1) is 11.6 Å². The van der Waals surface area contributed by atoms with E-state index in [1.807, 2.05) is 24.3 Å². The summed E-state index contributed by atoms with van der Waals surface area (Å²) in [6, 6.07) is 12.4. The lowest BCUT2D eigenvalue weighted by atomic mass is 10.1. The van der Waals surface area contributed by atoms with Gasteiger partial charge in [-0.25, -0.2) is 8.78 Å². The second kappa shape index (κ2) is 5.12. The second-order valence-corrected chi connectivity index (χ2v) is 5.12. The Morgan fingerprint density at radius 1 is 1.15 bits per heavy atom. The van der Waals surface area contributed by atoms with Crippen LogP contribution in [0.1, 0.15) is 12.5 Å². The Balaban J connectivity index is 1.91. The highest BCUT2D eigenvalue weighted by Gasteiger charge is 2.22. The number of nitrogens with zero attached hydrogens (tertiary/aromatic N) is 1. The Bertz CT molecular complexity index is 628. The van der Waals surface area contributed by atoms with Crippen molar-refractivity contribution in [3.8, 4) is 0 Å². The number of rotatable bonds is 2. The van der Waals surface area contributed by atoms with E-state index in [0.29, 0.717) is 6.54 Å². The van der Waals surface area contributed by atoms with Gasteiger partial charge in [-0.2, -0.15) is 0 Å². The van der Waals surface area contributed by atoms with E-state index in [1.54, 1.807) is 6.07 Å². The van der Waals surface area contributed by atoms with E-state index >= 15 is 0 Å². The summed E-state index contributed by atoms with van der Waals surface area (Å²) in [5.41, 5.74) is 2.94. The topological polar surface area (TPSA) is 15.3 Å². The molecular weight excluding hydrogens is 258 g/mol. The third-order valence-corrected chi connectivity index (χ3v) is 3.67. The average Bonchev–Trinajstić information content (AvgIpc) is 2.46. The number of halogens is 2. The molecule has 0 aliphatic carbocycles. The lowest BCUT2D eigenvalue weighted by Gasteiger charge is -2.37. The molecule has 0 fully saturated rings. The molecule has 1 heterocycles. The average molecular weight is 274 g/mol. The van der Waals surface area contributed by atoms with E-state index < -0.39 is 11.6 Å². The quantitative estimate of drug-likeness (QED) is 0.896. The fraction of sp³-hybridized carbons (Fsp3) is 0.250. The van der Waals surface area contributed by atoms with Gasteiger partial charge in [-0.15, -0.1) is 0 Å². The van der Waals surface area contributed by atoms with Crippen molar-refractivity contribution in [2.75, 3.05) is 16.8 Å². The normalized spacial score (nSPS) is 17.6. The van der Waals surface area contributed by atoms with E-state index in [-0.39, 0.29) is 6.04 Å². The Labute approximate surface area is 117 Å². The molecule has 0 amide bonds. The lowest BCUT2D eigenvalue weighted by molar-refractivity contribution is 0.506. The van der Waals surface area contributed by atoms with Crippen LogP contribution in [0.4, 0.5) is 20.2 Å². The minimum atomic E-state index is -0.803. The predicted molar refractivity (Wildman–Crippen MR) is 76.9 cm³/mol. The lowest BCUT2D eigenvalue weighted by Crippen LogP contribution is -2.41. The summed E-state index contributed by atoms with van der Waals surface area (Å²) in [5, 5.41) is 3.37. The molecular formula is C16H16F2N2. The SMILES string of the molecule is CC1CNc2ccccc2N1Cc1ccc(F)c(F)c1. The molecule has 0 saturated carbocycles. The number of benzene rings is 2. The van der Waals surface area contributed by atoms with Crippen LogP contribution < -0.4 is 10.2 Å². The number of anilines is 2. The number of nitrogens with one attached hydrogen (secondary N) is 1. The van der Waals surface area contributed by atoms with E-state index in [0.717, 1.165) is 23.5 Å². The molecule has 1 aliphatic rings. The minimum absolute atomic E-state index is 0.290. The fourth-order valence-corrected chi connectivity index (χ4v) is 2.55. The van der Waals surface area contributed by atoms with Crippen LogP contribution in [0.2, 0.25) is 0 Å². The molecule has 2 aromatic carbocycles. The van der Waals surface area contributed by atoms with Crippen molar-refractivity contribution in [1.82, 2.24) is 0 Å². The standard InChI is InChI=1S/C16H16F2N2/c1-11-9-19-15-4-2-3-5-16(15)20(11)10-12-6-7-13(17)14(18)8-12/h2-8,11,19H,9-10H2,1H3.